The lowest BCUT2D eigenvalue weighted by atomic mass is 10.0. The van der Waals surface area contributed by atoms with Crippen molar-refractivity contribution in [2.75, 3.05) is 26.2 Å². The van der Waals surface area contributed by atoms with Gasteiger partial charge in [0.2, 0.25) is 5.91 Å². The van der Waals surface area contributed by atoms with Crippen LogP contribution in [-0.4, -0.2) is 43.0 Å². The monoisotopic (exact) mass is 361 g/mol. The van der Waals surface area contributed by atoms with Gasteiger partial charge in [-0.25, -0.2) is 0 Å². The molecule has 0 bridgehead atoms. The maximum absolute atomic E-state index is 11.8. The van der Waals surface area contributed by atoms with E-state index < -0.39 is 0 Å². The first-order valence-electron chi connectivity index (χ1n) is 7.95. The third-order valence-electron chi connectivity index (χ3n) is 4.29. The number of halogens is 2. The van der Waals surface area contributed by atoms with Crippen molar-refractivity contribution in [3.05, 3.63) is 35.9 Å². The van der Waals surface area contributed by atoms with E-state index in [4.69, 9.17) is 5.73 Å². The first-order valence-corrected chi connectivity index (χ1v) is 7.95. The number of carbonyl (C=O) groups excluding carboxylic acids is 1. The molecule has 1 heterocycles. The number of likely N-dealkylation sites (tertiary alicyclic amines) is 1. The number of amides is 1. The molecule has 4 nitrogen and oxygen atoms in total. The van der Waals surface area contributed by atoms with E-state index in [1.807, 2.05) is 6.92 Å². The summed E-state index contributed by atoms with van der Waals surface area (Å²) in [4.78, 5) is 14.3. The molecule has 1 aromatic rings. The summed E-state index contributed by atoms with van der Waals surface area (Å²) >= 11 is 0. The topological polar surface area (TPSA) is 58.4 Å². The Morgan fingerprint density at radius 2 is 1.87 bits per heavy atom. The van der Waals surface area contributed by atoms with Crippen molar-refractivity contribution in [1.29, 1.82) is 0 Å². The fraction of sp³-hybridized carbons (Fsp3) is 0.588. The largest absolute Gasteiger partial charge is 0.353 e. The predicted octanol–water partition coefficient (Wildman–Crippen LogP) is 2.25. The molecular formula is C17H29Cl2N3O. The Bertz CT molecular complexity index is 437. The smallest absolute Gasteiger partial charge is 0.224 e. The van der Waals surface area contributed by atoms with E-state index in [0.717, 1.165) is 38.9 Å². The molecule has 23 heavy (non-hydrogen) atoms. The summed E-state index contributed by atoms with van der Waals surface area (Å²) in [6.07, 6.45) is 3.18. The van der Waals surface area contributed by atoms with Crippen molar-refractivity contribution in [3.63, 3.8) is 0 Å². The molecule has 1 unspecified atom stereocenters. The minimum atomic E-state index is -0.0823. The average Bonchev–Trinajstić information content (AvgIpc) is 2.54. The lowest BCUT2D eigenvalue weighted by Gasteiger charge is -2.32. The van der Waals surface area contributed by atoms with Crippen LogP contribution in [0.3, 0.4) is 0 Å². The van der Waals surface area contributed by atoms with E-state index in [9.17, 15) is 4.79 Å². The SMILES string of the molecule is CC(CN)C(=O)NC1CCN(CCc2ccccc2)CC1.Cl.Cl. The standard InChI is InChI=1S/C17H27N3O.2ClH/c1-14(13-18)17(21)19-16-8-11-20(12-9-16)10-7-15-5-3-2-4-6-15;;/h2-6,14,16H,7-13,18H2,1H3,(H,19,21);2*1H. The van der Waals surface area contributed by atoms with Gasteiger partial charge in [-0.3, -0.25) is 4.79 Å². The Hall–Kier alpha value is -0.810. The number of hydrogen-bond donors (Lipinski definition) is 2. The molecule has 1 amide bonds. The molecule has 132 valence electrons. The molecule has 1 saturated heterocycles. The zero-order valence-electron chi connectivity index (χ0n) is 13.7. The molecular weight excluding hydrogens is 333 g/mol. The van der Waals surface area contributed by atoms with E-state index in [2.05, 4.69) is 40.5 Å². The highest BCUT2D eigenvalue weighted by Crippen LogP contribution is 2.12. The van der Waals surface area contributed by atoms with Crippen LogP contribution < -0.4 is 11.1 Å². The van der Waals surface area contributed by atoms with E-state index in [1.54, 1.807) is 0 Å². The van der Waals surface area contributed by atoms with Gasteiger partial charge in [-0.1, -0.05) is 37.3 Å². The fourth-order valence-electron chi connectivity index (χ4n) is 2.68. The molecule has 1 aliphatic heterocycles. The quantitative estimate of drug-likeness (QED) is 0.816. The van der Waals surface area contributed by atoms with Gasteiger partial charge in [0.25, 0.3) is 0 Å². The first-order chi connectivity index (χ1) is 10.2. The minimum Gasteiger partial charge on any atom is -0.353 e. The number of carbonyl (C=O) groups is 1. The first kappa shape index (κ1) is 22.2. The van der Waals surface area contributed by atoms with Crippen LogP contribution in [0.4, 0.5) is 0 Å². The highest BCUT2D eigenvalue weighted by atomic mass is 35.5. The highest BCUT2D eigenvalue weighted by Gasteiger charge is 2.22. The molecule has 2 rings (SSSR count). The zero-order valence-corrected chi connectivity index (χ0v) is 15.4. The maximum Gasteiger partial charge on any atom is 0.224 e. The van der Waals surface area contributed by atoms with Gasteiger partial charge in [0.1, 0.15) is 0 Å². The highest BCUT2D eigenvalue weighted by molar-refractivity contribution is 5.85. The van der Waals surface area contributed by atoms with E-state index in [0.29, 0.717) is 12.6 Å². The Labute approximate surface area is 152 Å². The molecule has 1 fully saturated rings. The molecule has 1 aliphatic rings. The van der Waals surface area contributed by atoms with Crippen LogP contribution in [0.15, 0.2) is 30.3 Å². The molecule has 3 N–H and O–H groups in total. The van der Waals surface area contributed by atoms with Crippen LogP contribution in [0.1, 0.15) is 25.3 Å². The molecule has 0 spiro atoms. The second-order valence-corrected chi connectivity index (χ2v) is 6.00. The summed E-state index contributed by atoms with van der Waals surface area (Å²) in [6.45, 7) is 5.53. The minimum absolute atomic E-state index is 0. The summed E-state index contributed by atoms with van der Waals surface area (Å²) in [5.41, 5.74) is 6.92. The van der Waals surface area contributed by atoms with E-state index in [1.165, 1.54) is 5.56 Å². The van der Waals surface area contributed by atoms with Crippen LogP contribution >= 0.6 is 24.8 Å². The van der Waals surface area contributed by atoms with Crippen LogP contribution in [-0.2, 0) is 11.2 Å². The van der Waals surface area contributed by atoms with Crippen LogP contribution in [0.25, 0.3) is 0 Å². The summed E-state index contributed by atoms with van der Waals surface area (Å²) in [5, 5.41) is 3.12. The van der Waals surface area contributed by atoms with Gasteiger partial charge in [0.05, 0.1) is 0 Å². The second kappa shape index (κ2) is 11.7. The van der Waals surface area contributed by atoms with Crippen molar-refractivity contribution >= 4 is 30.7 Å². The third kappa shape index (κ3) is 7.53. The second-order valence-electron chi connectivity index (χ2n) is 6.00. The molecule has 1 atom stereocenters. The number of nitrogens with zero attached hydrogens (tertiary/aromatic N) is 1. The van der Waals surface area contributed by atoms with Gasteiger partial charge in [0, 0.05) is 38.1 Å². The number of rotatable bonds is 6. The van der Waals surface area contributed by atoms with Gasteiger partial charge in [-0.2, -0.15) is 0 Å². The normalized spacial score (nSPS) is 16.8. The summed E-state index contributed by atoms with van der Waals surface area (Å²) in [7, 11) is 0. The van der Waals surface area contributed by atoms with Crippen molar-refractivity contribution in [3.8, 4) is 0 Å². The zero-order chi connectivity index (χ0) is 15.1. The molecule has 0 saturated carbocycles. The maximum atomic E-state index is 11.8. The lowest BCUT2D eigenvalue weighted by molar-refractivity contribution is -0.125. The predicted molar refractivity (Wildman–Crippen MR) is 100 cm³/mol. The number of hydrogen-bond acceptors (Lipinski definition) is 3. The Balaban J connectivity index is 0.00000242. The molecule has 1 aromatic carbocycles. The Morgan fingerprint density at radius 3 is 2.43 bits per heavy atom. The average molecular weight is 362 g/mol. The number of benzene rings is 1. The number of nitrogens with one attached hydrogen (secondary N) is 1. The summed E-state index contributed by atoms with van der Waals surface area (Å²) < 4.78 is 0. The molecule has 0 radical (unpaired) electrons. The number of piperidine rings is 1. The number of nitrogens with two attached hydrogens (primary N) is 1. The van der Waals surface area contributed by atoms with Gasteiger partial charge >= 0.3 is 0 Å². The summed E-state index contributed by atoms with van der Waals surface area (Å²) in [5.74, 6) is 0.0151. The third-order valence-corrected chi connectivity index (χ3v) is 4.29. The van der Waals surface area contributed by atoms with Crippen molar-refractivity contribution < 1.29 is 4.79 Å². The Kier molecular flexibility index (Phi) is 11.3. The van der Waals surface area contributed by atoms with E-state index >= 15 is 0 Å². The fourth-order valence-corrected chi connectivity index (χ4v) is 2.68. The van der Waals surface area contributed by atoms with Gasteiger partial charge in [0.15, 0.2) is 0 Å². The molecule has 0 aromatic heterocycles. The van der Waals surface area contributed by atoms with Crippen LogP contribution in [0, 0.1) is 5.92 Å². The van der Waals surface area contributed by atoms with E-state index in [-0.39, 0.29) is 36.6 Å². The van der Waals surface area contributed by atoms with Crippen LogP contribution in [0.5, 0.6) is 0 Å². The summed E-state index contributed by atoms with van der Waals surface area (Å²) in [6, 6.07) is 10.9. The van der Waals surface area contributed by atoms with Crippen molar-refractivity contribution in [2.45, 2.75) is 32.2 Å². The van der Waals surface area contributed by atoms with Gasteiger partial charge in [-0.05, 0) is 24.8 Å². The lowest BCUT2D eigenvalue weighted by Crippen LogP contribution is -2.47. The van der Waals surface area contributed by atoms with Crippen molar-refractivity contribution in [2.24, 2.45) is 11.7 Å². The van der Waals surface area contributed by atoms with Gasteiger partial charge < -0.3 is 16.0 Å². The van der Waals surface area contributed by atoms with Gasteiger partial charge in [-0.15, -0.1) is 24.8 Å². The molecule has 6 heteroatoms. The Morgan fingerprint density at radius 1 is 1.26 bits per heavy atom. The molecule has 0 aliphatic carbocycles. The van der Waals surface area contributed by atoms with Crippen molar-refractivity contribution in [1.82, 2.24) is 10.2 Å². The van der Waals surface area contributed by atoms with Crippen LogP contribution in [0.2, 0.25) is 0 Å².